The van der Waals surface area contributed by atoms with Crippen molar-refractivity contribution >= 4 is 5.97 Å². The molecule has 0 bridgehead atoms. The van der Waals surface area contributed by atoms with Crippen LogP contribution in [0.1, 0.15) is 15.9 Å². The Morgan fingerprint density at radius 3 is 2.09 bits per heavy atom. The molecule has 1 aromatic heterocycles. The molecular weight excluding hydrogens is 431 g/mol. The molecule has 33 heavy (non-hydrogen) atoms. The molecule has 0 N–H and O–H groups in total. The number of carbonyl (C=O) groups is 1. The Balaban J connectivity index is 1.66. The topological polar surface area (TPSA) is 48.3 Å². The molecule has 7 heteroatoms. The molecule has 0 aliphatic carbocycles. The molecule has 0 aliphatic heterocycles. The fraction of sp³-hybridized carbons (Fsp3) is 0.0769. The van der Waals surface area contributed by atoms with Crippen molar-refractivity contribution in [3.63, 3.8) is 0 Å². The van der Waals surface area contributed by atoms with E-state index in [0.717, 1.165) is 12.1 Å². The molecule has 0 aliphatic rings. The van der Waals surface area contributed by atoms with E-state index in [-0.39, 0.29) is 11.1 Å². The highest BCUT2D eigenvalue weighted by molar-refractivity contribution is 5.91. The maximum atomic E-state index is 13.2. The van der Waals surface area contributed by atoms with Crippen LogP contribution in [0.15, 0.2) is 96.1 Å². The lowest BCUT2D eigenvalue weighted by molar-refractivity contribution is -0.137. The third-order valence-electron chi connectivity index (χ3n) is 5.04. The predicted octanol–water partition coefficient (Wildman–Crippen LogP) is 5.96. The number of ether oxygens (including phenoxy) is 1. The summed E-state index contributed by atoms with van der Waals surface area (Å²) in [6.45, 7) is 0. The zero-order valence-corrected chi connectivity index (χ0v) is 17.5. The average molecular weight is 449 g/mol. The Hall–Kier alpha value is -4.13. The number of aryl methyl sites for hydroxylation is 1. The molecule has 0 spiro atoms. The van der Waals surface area contributed by atoms with Gasteiger partial charge < -0.3 is 9.30 Å². The molecule has 0 saturated heterocycles. The molecule has 0 unspecified atom stereocenters. The van der Waals surface area contributed by atoms with Crippen molar-refractivity contribution in [1.29, 1.82) is 0 Å². The maximum Gasteiger partial charge on any atom is 0.416 e. The first-order chi connectivity index (χ1) is 15.7. The fourth-order valence-corrected chi connectivity index (χ4v) is 3.42. The zero-order chi connectivity index (χ0) is 23.6. The van der Waals surface area contributed by atoms with Gasteiger partial charge in [0.2, 0.25) is 0 Å². The van der Waals surface area contributed by atoms with Crippen molar-refractivity contribution in [2.75, 3.05) is 0 Å². The summed E-state index contributed by atoms with van der Waals surface area (Å²) in [5, 5.41) is 0. The number of halogens is 3. The van der Waals surface area contributed by atoms with Crippen molar-refractivity contribution < 1.29 is 22.7 Å². The number of nitrogens with zero attached hydrogens (tertiary/aromatic N) is 1. The van der Waals surface area contributed by atoms with Crippen LogP contribution in [-0.4, -0.2) is 10.5 Å². The summed E-state index contributed by atoms with van der Waals surface area (Å²) in [6, 6.07) is 19.6. The van der Waals surface area contributed by atoms with Crippen LogP contribution in [0.3, 0.4) is 0 Å². The van der Waals surface area contributed by atoms with Gasteiger partial charge in [-0.05, 0) is 47.5 Å². The number of hydrogen-bond donors (Lipinski definition) is 0. The first-order valence-electron chi connectivity index (χ1n) is 9.98. The average Bonchev–Trinajstić information content (AvgIpc) is 2.81. The largest absolute Gasteiger partial charge is 0.423 e. The van der Waals surface area contributed by atoms with Crippen LogP contribution >= 0.6 is 0 Å². The van der Waals surface area contributed by atoms with E-state index < -0.39 is 23.1 Å². The first kappa shape index (κ1) is 22.1. The quantitative estimate of drug-likeness (QED) is 0.285. The summed E-state index contributed by atoms with van der Waals surface area (Å²) < 4.78 is 46.4. The van der Waals surface area contributed by atoms with Crippen LogP contribution in [0.2, 0.25) is 0 Å². The predicted molar refractivity (Wildman–Crippen MR) is 119 cm³/mol. The van der Waals surface area contributed by atoms with Crippen molar-refractivity contribution in [1.82, 2.24) is 4.57 Å². The number of esters is 1. The molecule has 4 aromatic rings. The number of benzene rings is 3. The van der Waals surface area contributed by atoms with E-state index in [9.17, 15) is 22.8 Å². The molecule has 0 atom stereocenters. The number of rotatable bonds is 4. The molecule has 0 amide bonds. The molecule has 0 radical (unpaired) electrons. The van der Waals surface area contributed by atoms with Gasteiger partial charge in [-0.2, -0.15) is 13.2 Å². The molecule has 3 aromatic carbocycles. The number of carbonyl (C=O) groups excluding carboxylic acids is 1. The lowest BCUT2D eigenvalue weighted by Gasteiger charge is -2.12. The second kappa shape index (κ2) is 8.78. The van der Waals surface area contributed by atoms with Gasteiger partial charge in [-0.1, -0.05) is 42.5 Å². The third kappa shape index (κ3) is 4.87. The lowest BCUT2D eigenvalue weighted by Crippen LogP contribution is -2.12. The van der Waals surface area contributed by atoms with E-state index in [2.05, 4.69) is 0 Å². The van der Waals surface area contributed by atoms with Gasteiger partial charge in [-0.25, -0.2) is 4.79 Å². The molecule has 0 fully saturated rings. The Morgan fingerprint density at radius 2 is 1.45 bits per heavy atom. The van der Waals surface area contributed by atoms with Gasteiger partial charge in [0.1, 0.15) is 5.75 Å². The number of aromatic nitrogens is 1. The molecule has 0 saturated carbocycles. The third-order valence-corrected chi connectivity index (χ3v) is 5.04. The highest BCUT2D eigenvalue weighted by Gasteiger charge is 2.30. The van der Waals surface area contributed by atoms with Crippen molar-refractivity contribution in [2.24, 2.45) is 7.05 Å². The van der Waals surface area contributed by atoms with Crippen molar-refractivity contribution in [3.05, 3.63) is 113 Å². The van der Waals surface area contributed by atoms with E-state index in [1.807, 2.05) is 0 Å². The minimum Gasteiger partial charge on any atom is -0.423 e. The van der Waals surface area contributed by atoms with E-state index >= 15 is 0 Å². The highest BCUT2D eigenvalue weighted by atomic mass is 19.4. The maximum absolute atomic E-state index is 13.2. The lowest BCUT2D eigenvalue weighted by atomic mass is 9.99. The summed E-state index contributed by atoms with van der Waals surface area (Å²) >= 11 is 0. The van der Waals surface area contributed by atoms with Crippen molar-refractivity contribution in [3.8, 4) is 28.0 Å². The van der Waals surface area contributed by atoms with Crippen LogP contribution in [0.25, 0.3) is 22.3 Å². The van der Waals surface area contributed by atoms with Gasteiger partial charge >= 0.3 is 12.1 Å². The standard InChI is InChI=1S/C26H18F3NO3/c1-30-15-22(24(31)23(16-30)19-8-5-9-20(14-19)26(27,28)29)17-10-12-21(13-11-17)33-25(32)18-6-3-2-4-7-18/h2-16H,1H3. The molecule has 4 nitrogen and oxygen atoms in total. The molecule has 166 valence electrons. The van der Waals surface area contributed by atoms with E-state index in [1.165, 1.54) is 18.3 Å². The van der Waals surface area contributed by atoms with Gasteiger partial charge in [0.25, 0.3) is 0 Å². The van der Waals surface area contributed by atoms with Gasteiger partial charge in [0.05, 0.1) is 11.1 Å². The fourth-order valence-electron chi connectivity index (χ4n) is 3.42. The summed E-state index contributed by atoms with van der Waals surface area (Å²) in [7, 11) is 1.69. The number of hydrogen-bond acceptors (Lipinski definition) is 3. The first-order valence-corrected chi connectivity index (χ1v) is 9.98. The number of alkyl halides is 3. The van der Waals surface area contributed by atoms with Gasteiger partial charge in [-0.3, -0.25) is 4.79 Å². The summed E-state index contributed by atoms with van der Waals surface area (Å²) in [4.78, 5) is 25.4. The van der Waals surface area contributed by atoms with E-state index in [0.29, 0.717) is 22.4 Å². The van der Waals surface area contributed by atoms with Gasteiger partial charge in [0.15, 0.2) is 5.43 Å². The summed E-state index contributed by atoms with van der Waals surface area (Å²) in [5.74, 6) is -0.204. The Labute approximate surface area is 187 Å². The van der Waals surface area contributed by atoms with Crippen LogP contribution in [-0.2, 0) is 13.2 Å². The van der Waals surface area contributed by atoms with Crippen LogP contribution in [0.5, 0.6) is 5.75 Å². The highest BCUT2D eigenvalue weighted by Crippen LogP contribution is 2.32. The second-order valence-corrected chi connectivity index (χ2v) is 7.44. The van der Waals surface area contributed by atoms with Crippen LogP contribution in [0, 0.1) is 0 Å². The van der Waals surface area contributed by atoms with E-state index in [1.54, 1.807) is 72.4 Å². The normalized spacial score (nSPS) is 11.3. The van der Waals surface area contributed by atoms with Gasteiger partial charge in [-0.15, -0.1) is 0 Å². The summed E-state index contributed by atoms with van der Waals surface area (Å²) in [5.41, 5.74) is 0.376. The Kier molecular flexibility index (Phi) is 5.87. The molecular formula is C26H18F3NO3. The molecule has 1 heterocycles. The van der Waals surface area contributed by atoms with Crippen LogP contribution < -0.4 is 10.2 Å². The Bertz CT molecular complexity index is 1360. The SMILES string of the molecule is Cn1cc(-c2ccc(OC(=O)c3ccccc3)cc2)c(=O)c(-c2cccc(C(F)(F)F)c2)c1. The zero-order valence-electron chi connectivity index (χ0n) is 17.5. The minimum atomic E-state index is -4.51. The van der Waals surface area contributed by atoms with Gasteiger partial charge in [0, 0.05) is 30.6 Å². The minimum absolute atomic E-state index is 0.153. The summed E-state index contributed by atoms with van der Waals surface area (Å²) in [6.07, 6.45) is -1.41. The Morgan fingerprint density at radius 1 is 0.818 bits per heavy atom. The smallest absolute Gasteiger partial charge is 0.416 e. The van der Waals surface area contributed by atoms with E-state index in [4.69, 9.17) is 4.74 Å². The monoisotopic (exact) mass is 449 g/mol. The molecule has 4 rings (SSSR count). The second-order valence-electron chi connectivity index (χ2n) is 7.44. The number of pyridine rings is 1. The van der Waals surface area contributed by atoms with Crippen LogP contribution in [0.4, 0.5) is 13.2 Å². The van der Waals surface area contributed by atoms with Crippen molar-refractivity contribution in [2.45, 2.75) is 6.18 Å².